The summed E-state index contributed by atoms with van der Waals surface area (Å²) in [5.41, 5.74) is 1.00. The van der Waals surface area contributed by atoms with Crippen molar-refractivity contribution in [3.05, 3.63) is 28.2 Å². The zero-order valence-electron chi connectivity index (χ0n) is 12.7. The first-order valence-corrected chi connectivity index (χ1v) is 7.69. The number of carbonyl (C=O) groups is 2. The SMILES string of the molecule is CCNC(=O)NC(=O)C(C)Oc1ccc(Br)cc1C(C)C. The van der Waals surface area contributed by atoms with Crippen LogP contribution in [-0.4, -0.2) is 24.6 Å². The van der Waals surface area contributed by atoms with E-state index in [-0.39, 0.29) is 5.92 Å². The molecule has 1 unspecified atom stereocenters. The van der Waals surface area contributed by atoms with Crippen molar-refractivity contribution in [2.75, 3.05) is 6.54 Å². The van der Waals surface area contributed by atoms with Gasteiger partial charge in [0.1, 0.15) is 5.75 Å². The van der Waals surface area contributed by atoms with Gasteiger partial charge in [0.15, 0.2) is 6.10 Å². The van der Waals surface area contributed by atoms with E-state index >= 15 is 0 Å². The van der Waals surface area contributed by atoms with E-state index in [1.54, 1.807) is 13.8 Å². The van der Waals surface area contributed by atoms with Crippen LogP contribution in [0, 0.1) is 0 Å². The van der Waals surface area contributed by atoms with Crippen molar-refractivity contribution >= 4 is 27.9 Å². The molecule has 0 spiro atoms. The molecule has 0 bridgehead atoms. The third-order valence-corrected chi connectivity index (χ3v) is 3.33. The number of imide groups is 1. The van der Waals surface area contributed by atoms with Gasteiger partial charge in [-0.2, -0.15) is 0 Å². The predicted molar refractivity (Wildman–Crippen MR) is 85.5 cm³/mol. The Kier molecular flexibility index (Phi) is 6.68. The molecule has 0 aliphatic rings. The zero-order chi connectivity index (χ0) is 16.0. The lowest BCUT2D eigenvalue weighted by atomic mass is 10.0. The van der Waals surface area contributed by atoms with E-state index in [4.69, 9.17) is 4.74 Å². The number of halogens is 1. The van der Waals surface area contributed by atoms with Crippen LogP contribution in [0.15, 0.2) is 22.7 Å². The molecule has 1 atom stereocenters. The summed E-state index contributed by atoms with van der Waals surface area (Å²) < 4.78 is 6.65. The van der Waals surface area contributed by atoms with Gasteiger partial charge in [-0.25, -0.2) is 4.79 Å². The van der Waals surface area contributed by atoms with Crippen molar-refractivity contribution < 1.29 is 14.3 Å². The van der Waals surface area contributed by atoms with E-state index in [0.717, 1.165) is 10.0 Å². The molecule has 0 aromatic heterocycles. The molecular formula is C15H21BrN2O3. The summed E-state index contributed by atoms with van der Waals surface area (Å²) in [5.74, 6) is 0.432. The molecule has 0 radical (unpaired) electrons. The lowest BCUT2D eigenvalue weighted by Gasteiger charge is -2.18. The van der Waals surface area contributed by atoms with Crippen molar-refractivity contribution in [2.45, 2.75) is 39.7 Å². The first-order valence-electron chi connectivity index (χ1n) is 6.90. The fourth-order valence-corrected chi connectivity index (χ4v) is 2.12. The molecule has 1 aromatic carbocycles. The molecule has 0 aliphatic heterocycles. The van der Waals surface area contributed by atoms with Crippen molar-refractivity contribution in [3.8, 4) is 5.75 Å². The topological polar surface area (TPSA) is 67.4 Å². The standard InChI is InChI=1S/C15H21BrN2O3/c1-5-17-15(20)18-14(19)10(4)21-13-7-6-11(16)8-12(13)9(2)3/h6-10H,5H2,1-4H3,(H2,17,18,19,20). The second-order valence-corrected chi connectivity index (χ2v) is 5.86. The van der Waals surface area contributed by atoms with Crippen LogP contribution in [0.25, 0.3) is 0 Å². The number of urea groups is 1. The highest BCUT2D eigenvalue weighted by Crippen LogP contribution is 2.30. The highest BCUT2D eigenvalue weighted by Gasteiger charge is 2.19. The highest BCUT2D eigenvalue weighted by molar-refractivity contribution is 9.10. The molecule has 0 aliphatic carbocycles. The summed E-state index contributed by atoms with van der Waals surface area (Å²) >= 11 is 3.42. The number of amides is 3. The minimum atomic E-state index is -0.758. The molecule has 0 saturated carbocycles. The maximum Gasteiger partial charge on any atom is 0.321 e. The smallest absolute Gasteiger partial charge is 0.321 e. The van der Waals surface area contributed by atoms with Crippen LogP contribution in [0.3, 0.4) is 0 Å². The summed E-state index contributed by atoms with van der Waals surface area (Å²) in [6, 6.07) is 5.12. The number of hydrogen-bond acceptors (Lipinski definition) is 3. The maximum absolute atomic E-state index is 11.9. The average Bonchev–Trinajstić information content (AvgIpc) is 2.40. The van der Waals surface area contributed by atoms with E-state index in [1.807, 2.05) is 32.0 Å². The van der Waals surface area contributed by atoms with Gasteiger partial charge in [-0.05, 0) is 43.5 Å². The van der Waals surface area contributed by atoms with Gasteiger partial charge < -0.3 is 10.1 Å². The van der Waals surface area contributed by atoms with Gasteiger partial charge in [-0.3, -0.25) is 10.1 Å². The van der Waals surface area contributed by atoms with E-state index < -0.39 is 18.0 Å². The summed E-state index contributed by atoms with van der Waals surface area (Å²) in [5, 5.41) is 4.74. The lowest BCUT2D eigenvalue weighted by molar-refractivity contribution is -0.126. The Balaban J connectivity index is 2.76. The molecule has 116 valence electrons. The van der Waals surface area contributed by atoms with Gasteiger partial charge in [0.05, 0.1) is 0 Å². The van der Waals surface area contributed by atoms with Crippen LogP contribution in [0.4, 0.5) is 4.79 Å². The monoisotopic (exact) mass is 356 g/mol. The Labute approximate surface area is 133 Å². The molecule has 1 aromatic rings. The fraction of sp³-hybridized carbons (Fsp3) is 0.467. The molecule has 21 heavy (non-hydrogen) atoms. The Morgan fingerprint density at radius 3 is 2.52 bits per heavy atom. The molecule has 6 heteroatoms. The number of hydrogen-bond donors (Lipinski definition) is 2. The number of nitrogens with one attached hydrogen (secondary N) is 2. The predicted octanol–water partition coefficient (Wildman–Crippen LogP) is 3.19. The summed E-state index contributed by atoms with van der Waals surface area (Å²) in [7, 11) is 0. The Morgan fingerprint density at radius 1 is 1.29 bits per heavy atom. The normalized spacial score (nSPS) is 11.9. The second kappa shape index (κ2) is 8.02. The molecule has 3 amide bonds. The summed E-state index contributed by atoms with van der Waals surface area (Å²) in [4.78, 5) is 23.2. The summed E-state index contributed by atoms with van der Waals surface area (Å²) in [6.45, 7) is 7.95. The minimum Gasteiger partial charge on any atom is -0.481 e. The first kappa shape index (κ1) is 17.5. The molecule has 0 fully saturated rings. The largest absolute Gasteiger partial charge is 0.481 e. The van der Waals surface area contributed by atoms with Gasteiger partial charge in [0.25, 0.3) is 5.91 Å². The molecule has 1 rings (SSSR count). The van der Waals surface area contributed by atoms with Crippen molar-refractivity contribution in [2.24, 2.45) is 0 Å². The third kappa shape index (κ3) is 5.38. The average molecular weight is 357 g/mol. The molecule has 0 heterocycles. The van der Waals surface area contributed by atoms with E-state index in [0.29, 0.717) is 12.3 Å². The number of ether oxygens (including phenoxy) is 1. The number of carbonyl (C=O) groups excluding carboxylic acids is 2. The Bertz CT molecular complexity index is 518. The van der Waals surface area contributed by atoms with Gasteiger partial charge in [-0.15, -0.1) is 0 Å². The van der Waals surface area contributed by atoms with E-state index in [1.165, 1.54) is 0 Å². The van der Waals surface area contributed by atoms with Gasteiger partial charge in [0, 0.05) is 11.0 Å². The van der Waals surface area contributed by atoms with Gasteiger partial charge in [-0.1, -0.05) is 29.8 Å². The zero-order valence-corrected chi connectivity index (χ0v) is 14.3. The van der Waals surface area contributed by atoms with Crippen LogP contribution >= 0.6 is 15.9 Å². The van der Waals surface area contributed by atoms with Crippen LogP contribution in [0.1, 0.15) is 39.2 Å². The fourth-order valence-electron chi connectivity index (χ4n) is 1.74. The van der Waals surface area contributed by atoms with E-state index in [2.05, 4.69) is 26.6 Å². The number of benzene rings is 1. The Hall–Kier alpha value is -1.56. The van der Waals surface area contributed by atoms with Crippen LogP contribution < -0.4 is 15.4 Å². The molecule has 0 saturated heterocycles. The quantitative estimate of drug-likeness (QED) is 0.851. The van der Waals surface area contributed by atoms with Crippen LogP contribution in [0.5, 0.6) is 5.75 Å². The second-order valence-electron chi connectivity index (χ2n) is 4.95. The van der Waals surface area contributed by atoms with Gasteiger partial charge >= 0.3 is 6.03 Å². The third-order valence-electron chi connectivity index (χ3n) is 2.84. The summed E-state index contributed by atoms with van der Waals surface area (Å²) in [6.07, 6.45) is -0.758. The van der Waals surface area contributed by atoms with Crippen LogP contribution in [0.2, 0.25) is 0 Å². The highest BCUT2D eigenvalue weighted by atomic mass is 79.9. The van der Waals surface area contributed by atoms with Crippen molar-refractivity contribution in [1.82, 2.24) is 10.6 Å². The molecular weight excluding hydrogens is 336 g/mol. The van der Waals surface area contributed by atoms with Crippen molar-refractivity contribution in [3.63, 3.8) is 0 Å². The first-order chi connectivity index (χ1) is 9.85. The number of rotatable bonds is 5. The van der Waals surface area contributed by atoms with Crippen molar-refractivity contribution in [1.29, 1.82) is 0 Å². The lowest BCUT2D eigenvalue weighted by Crippen LogP contribution is -2.45. The maximum atomic E-state index is 11.9. The van der Waals surface area contributed by atoms with Crippen LogP contribution in [-0.2, 0) is 4.79 Å². The molecule has 5 nitrogen and oxygen atoms in total. The minimum absolute atomic E-state index is 0.260. The van der Waals surface area contributed by atoms with Gasteiger partial charge in [0.2, 0.25) is 0 Å². The molecule has 2 N–H and O–H groups in total. The Morgan fingerprint density at radius 2 is 1.95 bits per heavy atom. The van der Waals surface area contributed by atoms with E-state index in [9.17, 15) is 9.59 Å².